The lowest BCUT2D eigenvalue weighted by atomic mass is 9.85. The SMILES string of the molecule is CNC(=O)CSP(=S)(OC)OC.O=C1C2CC=CCC2C(=O)N1SC(Cl)(Cl)C(Cl)Cl. The van der Waals surface area contributed by atoms with E-state index in [0.29, 0.717) is 24.8 Å². The summed E-state index contributed by atoms with van der Waals surface area (Å²) in [4.78, 5) is 33.9. The molecule has 1 aliphatic heterocycles. The van der Waals surface area contributed by atoms with E-state index in [2.05, 4.69) is 5.32 Å². The van der Waals surface area contributed by atoms with Gasteiger partial charge in [0.05, 0.1) is 17.6 Å². The number of halogens is 4. The van der Waals surface area contributed by atoms with E-state index in [0.717, 1.165) is 4.31 Å². The molecule has 1 N–H and O–H groups in total. The molecular formula is C15H21Cl4N2O5PS3. The quantitative estimate of drug-likeness (QED) is 0.148. The number of carbonyl (C=O) groups is 3. The van der Waals surface area contributed by atoms with Crippen molar-refractivity contribution in [2.24, 2.45) is 11.8 Å². The zero-order chi connectivity index (χ0) is 23.1. The number of hydrogen-bond acceptors (Lipinski definition) is 8. The minimum atomic E-state index is -2.26. The van der Waals surface area contributed by atoms with Gasteiger partial charge in [0.1, 0.15) is 0 Å². The summed E-state index contributed by atoms with van der Waals surface area (Å²) >= 11 is 29.9. The highest BCUT2D eigenvalue weighted by Crippen LogP contribution is 2.59. The Morgan fingerprint density at radius 3 is 2.10 bits per heavy atom. The third-order valence-electron chi connectivity index (χ3n) is 4.01. The highest BCUT2D eigenvalue weighted by molar-refractivity contribution is 8.68. The lowest BCUT2D eigenvalue weighted by molar-refractivity contribution is -0.133. The molecule has 0 bridgehead atoms. The highest BCUT2D eigenvalue weighted by Gasteiger charge is 2.51. The Bertz CT molecular complexity index is 694. The summed E-state index contributed by atoms with van der Waals surface area (Å²) in [7, 11) is 4.55. The van der Waals surface area contributed by atoms with Crippen LogP contribution < -0.4 is 5.32 Å². The molecule has 15 heteroatoms. The normalized spacial score (nSPS) is 21.4. The Balaban J connectivity index is 0.000000329. The van der Waals surface area contributed by atoms with E-state index < -0.39 is 14.2 Å². The fourth-order valence-electron chi connectivity index (χ4n) is 2.41. The van der Waals surface area contributed by atoms with Crippen LogP contribution in [0.25, 0.3) is 0 Å². The average molecular weight is 578 g/mol. The molecule has 3 amide bonds. The molecule has 1 fully saturated rings. The third kappa shape index (κ3) is 7.97. The fraction of sp³-hybridized carbons (Fsp3) is 0.667. The summed E-state index contributed by atoms with van der Waals surface area (Å²) in [6, 6.07) is 0. The summed E-state index contributed by atoms with van der Waals surface area (Å²) in [5, 5.41) is 2.49. The number of nitrogens with one attached hydrogen (secondary N) is 1. The largest absolute Gasteiger partial charge is 0.358 e. The first-order valence-corrected chi connectivity index (χ1v) is 15.0. The summed E-state index contributed by atoms with van der Waals surface area (Å²) in [6.07, 6.45) is 4.94. The minimum Gasteiger partial charge on any atom is -0.358 e. The molecule has 30 heavy (non-hydrogen) atoms. The van der Waals surface area contributed by atoms with Crippen LogP contribution in [0.5, 0.6) is 0 Å². The molecule has 2 rings (SSSR count). The number of imide groups is 1. The van der Waals surface area contributed by atoms with E-state index in [-0.39, 0.29) is 35.3 Å². The maximum absolute atomic E-state index is 12.1. The van der Waals surface area contributed by atoms with E-state index in [1.807, 2.05) is 12.2 Å². The van der Waals surface area contributed by atoms with Gasteiger partial charge in [0.2, 0.25) is 27.1 Å². The van der Waals surface area contributed by atoms with Crippen molar-refractivity contribution in [3.63, 3.8) is 0 Å². The van der Waals surface area contributed by atoms with Gasteiger partial charge in [0.15, 0.2) is 4.84 Å². The maximum atomic E-state index is 12.1. The maximum Gasteiger partial charge on any atom is 0.247 e. The molecule has 0 saturated carbocycles. The van der Waals surface area contributed by atoms with Crippen molar-refractivity contribution < 1.29 is 23.4 Å². The number of amides is 3. The van der Waals surface area contributed by atoms with Gasteiger partial charge in [-0.05, 0) is 24.6 Å². The zero-order valence-electron chi connectivity index (χ0n) is 16.2. The van der Waals surface area contributed by atoms with Crippen molar-refractivity contribution in [1.82, 2.24) is 9.62 Å². The first kappa shape index (κ1) is 28.8. The van der Waals surface area contributed by atoms with Crippen LogP contribution in [0.2, 0.25) is 0 Å². The fourth-order valence-corrected chi connectivity index (χ4v) is 6.55. The summed E-state index contributed by atoms with van der Waals surface area (Å²) < 4.78 is 9.31. The molecule has 172 valence electrons. The Morgan fingerprint density at radius 2 is 1.73 bits per heavy atom. The molecular weight excluding hydrogens is 557 g/mol. The van der Waals surface area contributed by atoms with Gasteiger partial charge in [-0.3, -0.25) is 14.4 Å². The average Bonchev–Trinajstić information content (AvgIpc) is 2.97. The molecule has 2 unspecified atom stereocenters. The van der Waals surface area contributed by atoms with Crippen LogP contribution in [0.3, 0.4) is 0 Å². The molecule has 1 heterocycles. The van der Waals surface area contributed by atoms with Crippen molar-refractivity contribution >= 4 is 105 Å². The summed E-state index contributed by atoms with van der Waals surface area (Å²) in [6.45, 7) is 0. The number of carbonyl (C=O) groups excluding carboxylic acids is 3. The van der Waals surface area contributed by atoms with Crippen LogP contribution in [-0.2, 0) is 35.2 Å². The Hall–Kier alpha value is 0.780. The Labute approximate surface area is 209 Å². The van der Waals surface area contributed by atoms with E-state index in [1.54, 1.807) is 7.05 Å². The third-order valence-corrected chi connectivity index (χ3v) is 12.9. The van der Waals surface area contributed by atoms with E-state index in [4.69, 9.17) is 67.3 Å². The predicted octanol–water partition coefficient (Wildman–Crippen LogP) is 4.50. The number of alkyl halides is 4. The van der Waals surface area contributed by atoms with Gasteiger partial charge in [-0.25, -0.2) is 4.31 Å². The molecule has 2 atom stereocenters. The number of allylic oxidation sites excluding steroid dienone is 2. The predicted molar refractivity (Wildman–Crippen MR) is 130 cm³/mol. The number of hydrogen-bond donors (Lipinski definition) is 1. The molecule has 7 nitrogen and oxygen atoms in total. The smallest absolute Gasteiger partial charge is 0.247 e. The van der Waals surface area contributed by atoms with Gasteiger partial charge in [0, 0.05) is 33.2 Å². The van der Waals surface area contributed by atoms with Crippen molar-refractivity contribution in [2.45, 2.75) is 21.3 Å². The first-order valence-electron chi connectivity index (χ1n) is 8.37. The monoisotopic (exact) mass is 576 g/mol. The molecule has 2 aliphatic rings. The number of rotatable bonds is 8. The van der Waals surface area contributed by atoms with E-state index >= 15 is 0 Å². The van der Waals surface area contributed by atoms with Crippen LogP contribution in [0.4, 0.5) is 0 Å². The summed E-state index contributed by atoms with van der Waals surface area (Å²) in [5.41, 5.74) is -2.26. The Kier molecular flexibility index (Phi) is 12.4. The summed E-state index contributed by atoms with van der Waals surface area (Å²) in [5.74, 6) is -0.997. The van der Waals surface area contributed by atoms with Gasteiger partial charge < -0.3 is 14.4 Å². The molecule has 0 aromatic rings. The number of fused-ring (bicyclic) bond motifs is 1. The van der Waals surface area contributed by atoms with Crippen LogP contribution >= 0.6 is 75.4 Å². The van der Waals surface area contributed by atoms with Gasteiger partial charge in [0.25, 0.3) is 0 Å². The second-order valence-electron chi connectivity index (χ2n) is 5.84. The van der Waals surface area contributed by atoms with Gasteiger partial charge >= 0.3 is 0 Å². The Morgan fingerprint density at radius 1 is 1.27 bits per heavy atom. The zero-order valence-corrected chi connectivity index (χ0v) is 22.5. The topological polar surface area (TPSA) is 84.9 Å². The van der Waals surface area contributed by atoms with Gasteiger partial charge in [-0.1, -0.05) is 46.7 Å². The van der Waals surface area contributed by atoms with Gasteiger partial charge in [-0.15, -0.1) is 23.2 Å². The number of nitrogens with zero attached hydrogens (tertiary/aromatic N) is 1. The van der Waals surface area contributed by atoms with Crippen LogP contribution in [0.1, 0.15) is 12.8 Å². The van der Waals surface area contributed by atoms with Crippen molar-refractivity contribution in [3.05, 3.63) is 12.2 Å². The molecule has 1 aliphatic carbocycles. The van der Waals surface area contributed by atoms with Crippen LogP contribution in [0.15, 0.2) is 12.2 Å². The van der Waals surface area contributed by atoms with Crippen molar-refractivity contribution in [1.29, 1.82) is 0 Å². The lowest BCUT2D eigenvalue weighted by Gasteiger charge is -2.24. The van der Waals surface area contributed by atoms with Crippen molar-refractivity contribution in [3.8, 4) is 0 Å². The van der Waals surface area contributed by atoms with Crippen LogP contribution in [-0.4, -0.2) is 57.5 Å². The molecule has 1 saturated heterocycles. The standard InChI is InChI=1S/C10H9Cl4NO2S.C5H12NO3PS2/c11-9(12)10(13,14)18-15-7(16)5-3-1-2-4-6(5)8(15)17;1-6-5(7)4-12-10(11,8-2)9-3/h1-2,5-6,9H,3-4H2;4H2,1-3H3,(H,6,7). The molecule has 0 radical (unpaired) electrons. The molecule has 0 spiro atoms. The van der Waals surface area contributed by atoms with Gasteiger partial charge in [-0.2, -0.15) is 0 Å². The first-order chi connectivity index (χ1) is 13.9. The van der Waals surface area contributed by atoms with Crippen molar-refractivity contribution in [2.75, 3.05) is 27.0 Å². The van der Waals surface area contributed by atoms with E-state index in [1.165, 1.54) is 25.6 Å². The molecule has 0 aromatic heterocycles. The second kappa shape index (κ2) is 12.9. The lowest BCUT2D eigenvalue weighted by Crippen LogP contribution is -2.31. The van der Waals surface area contributed by atoms with Crippen LogP contribution in [0, 0.1) is 11.8 Å². The van der Waals surface area contributed by atoms with E-state index in [9.17, 15) is 14.4 Å². The minimum absolute atomic E-state index is 0.0803. The highest BCUT2D eigenvalue weighted by atomic mass is 35.5. The molecule has 0 aromatic carbocycles. The second-order valence-corrected chi connectivity index (χ2v) is 16.5.